The molecule has 0 saturated heterocycles. The first-order chi connectivity index (χ1) is 19.4. The van der Waals surface area contributed by atoms with E-state index in [1.54, 1.807) is 18.0 Å². The number of fused-ring (bicyclic) bond motifs is 4. The maximum absolute atomic E-state index is 13.6. The monoisotopic (exact) mass is 532 g/mol. The summed E-state index contributed by atoms with van der Waals surface area (Å²) in [6, 6.07) is 21.8. The minimum absolute atomic E-state index is 0.0822. The summed E-state index contributed by atoms with van der Waals surface area (Å²) in [5.41, 5.74) is 2.74. The number of hydrogen-bond acceptors (Lipinski definition) is 7. The number of allylic oxidation sites excluding steroid dienone is 2. The van der Waals surface area contributed by atoms with Gasteiger partial charge >= 0.3 is 0 Å². The van der Waals surface area contributed by atoms with Crippen LogP contribution in [0.5, 0.6) is 17.4 Å². The van der Waals surface area contributed by atoms with Crippen molar-refractivity contribution in [2.75, 3.05) is 7.11 Å². The maximum Gasteiger partial charge on any atom is 0.228 e. The highest BCUT2D eigenvalue weighted by atomic mass is 16.5. The molecule has 7 rings (SSSR count). The summed E-state index contributed by atoms with van der Waals surface area (Å²) in [7, 11) is 1.64. The number of Topliss-reactive ketones (excluding diaryl/α,β-unsaturated/α-hetero) is 1. The Labute approximate surface area is 231 Å². The fourth-order valence-corrected chi connectivity index (χ4v) is 5.84. The first kappa shape index (κ1) is 24.3. The van der Waals surface area contributed by atoms with Crippen LogP contribution in [0.25, 0.3) is 16.4 Å². The highest BCUT2D eigenvalue weighted by molar-refractivity contribution is 6.00. The van der Waals surface area contributed by atoms with Crippen LogP contribution >= 0.6 is 0 Å². The number of carbonyl (C=O) groups is 1. The first-order valence-electron chi connectivity index (χ1n) is 13.3. The normalized spacial score (nSPS) is 17.9. The van der Waals surface area contributed by atoms with Gasteiger partial charge in [0.1, 0.15) is 30.2 Å². The molecule has 5 aromatic rings. The van der Waals surface area contributed by atoms with E-state index in [-0.39, 0.29) is 23.7 Å². The number of ether oxygens (including phenoxy) is 3. The molecule has 3 heterocycles. The smallest absolute Gasteiger partial charge is 0.228 e. The molecule has 0 spiro atoms. The number of benzene rings is 3. The van der Waals surface area contributed by atoms with Gasteiger partial charge in [-0.25, -0.2) is 14.5 Å². The molecule has 3 aromatic carbocycles. The van der Waals surface area contributed by atoms with Gasteiger partial charge in [-0.1, -0.05) is 62.4 Å². The summed E-state index contributed by atoms with van der Waals surface area (Å²) in [5.74, 6) is 2.85. The fraction of sp³-hybridized carbons (Fsp3) is 0.250. The molecule has 0 amide bonds. The third kappa shape index (κ3) is 4.07. The molecular weight excluding hydrogens is 504 g/mol. The van der Waals surface area contributed by atoms with Gasteiger partial charge in [0.05, 0.1) is 12.7 Å². The second-order valence-electron chi connectivity index (χ2n) is 11.1. The van der Waals surface area contributed by atoms with Gasteiger partial charge in [-0.05, 0) is 34.6 Å². The third-order valence-electron chi connectivity index (χ3n) is 7.66. The van der Waals surface area contributed by atoms with Gasteiger partial charge < -0.3 is 14.2 Å². The van der Waals surface area contributed by atoms with Gasteiger partial charge in [-0.2, -0.15) is 0 Å². The second-order valence-corrected chi connectivity index (χ2v) is 11.1. The quantitative estimate of drug-likeness (QED) is 0.273. The molecule has 2 aliphatic rings. The standard InChI is InChI=1S/C32H28N4O4/c1-32(2)15-23(37)28-25(16-32)40-31-29(27(28)20-11-13-21(38-3)14-12-20)30-34-26(35-36(30)18-33-31)17-39-24-10-6-8-19-7-4-5-9-22(19)24/h4-14,18,27H,15-17H2,1-3H3/t27-/m0/s1. The number of methoxy groups -OCH3 is 1. The molecule has 0 fully saturated rings. The number of ketones is 1. The van der Waals surface area contributed by atoms with Crippen molar-refractivity contribution in [1.29, 1.82) is 0 Å². The summed E-state index contributed by atoms with van der Waals surface area (Å²) >= 11 is 0. The second kappa shape index (κ2) is 9.19. The Bertz CT molecular complexity index is 1820. The zero-order valence-corrected chi connectivity index (χ0v) is 22.5. The summed E-state index contributed by atoms with van der Waals surface area (Å²) in [6.07, 6.45) is 2.71. The Morgan fingerprint density at radius 2 is 1.82 bits per heavy atom. The van der Waals surface area contributed by atoms with Crippen molar-refractivity contribution in [3.63, 3.8) is 0 Å². The first-order valence-corrected chi connectivity index (χ1v) is 13.3. The Balaban J connectivity index is 1.32. The molecule has 8 nitrogen and oxygen atoms in total. The molecule has 1 aliphatic carbocycles. The third-order valence-corrected chi connectivity index (χ3v) is 7.66. The van der Waals surface area contributed by atoms with Crippen molar-refractivity contribution < 1.29 is 19.0 Å². The lowest BCUT2D eigenvalue weighted by Crippen LogP contribution is -2.33. The summed E-state index contributed by atoms with van der Waals surface area (Å²) in [4.78, 5) is 23.1. The van der Waals surface area contributed by atoms with E-state index in [0.717, 1.165) is 33.4 Å². The fourth-order valence-electron chi connectivity index (χ4n) is 5.84. The number of hydrogen-bond donors (Lipinski definition) is 0. The van der Waals surface area contributed by atoms with Crippen LogP contribution in [-0.4, -0.2) is 32.5 Å². The van der Waals surface area contributed by atoms with Crippen LogP contribution in [0.15, 0.2) is 84.4 Å². The SMILES string of the molecule is COc1ccc([C@H]2C3=C(CC(C)(C)CC3=O)Oc3ncn4nc(COc5cccc6ccccc56)nc4c32)cc1. The summed E-state index contributed by atoms with van der Waals surface area (Å²) in [6.45, 7) is 4.36. The zero-order chi connectivity index (χ0) is 27.4. The van der Waals surface area contributed by atoms with Crippen LogP contribution in [0.1, 0.15) is 49.6 Å². The van der Waals surface area contributed by atoms with Gasteiger partial charge in [0.25, 0.3) is 0 Å². The van der Waals surface area contributed by atoms with Crippen LogP contribution in [-0.2, 0) is 11.4 Å². The van der Waals surface area contributed by atoms with Crippen molar-refractivity contribution in [2.45, 2.75) is 39.2 Å². The van der Waals surface area contributed by atoms with Gasteiger partial charge in [0.15, 0.2) is 17.3 Å². The summed E-state index contributed by atoms with van der Waals surface area (Å²) < 4.78 is 19.5. The van der Waals surface area contributed by atoms with Crippen LogP contribution in [0.3, 0.4) is 0 Å². The number of rotatable bonds is 5. The van der Waals surface area contributed by atoms with Crippen molar-refractivity contribution in [3.8, 4) is 17.4 Å². The average molecular weight is 533 g/mol. The van der Waals surface area contributed by atoms with Crippen molar-refractivity contribution >= 4 is 22.2 Å². The van der Waals surface area contributed by atoms with Gasteiger partial charge in [0, 0.05) is 29.7 Å². The van der Waals surface area contributed by atoms with Gasteiger partial charge in [0.2, 0.25) is 5.88 Å². The highest BCUT2D eigenvalue weighted by Gasteiger charge is 2.44. The predicted molar refractivity (Wildman–Crippen MR) is 150 cm³/mol. The molecule has 0 unspecified atom stereocenters. The van der Waals surface area contributed by atoms with Crippen LogP contribution < -0.4 is 14.2 Å². The largest absolute Gasteiger partial charge is 0.497 e. The molecule has 200 valence electrons. The predicted octanol–water partition coefficient (Wildman–Crippen LogP) is 6.03. The van der Waals surface area contributed by atoms with Crippen molar-refractivity contribution in [1.82, 2.24) is 19.6 Å². The van der Waals surface area contributed by atoms with Crippen LogP contribution in [0.2, 0.25) is 0 Å². The van der Waals surface area contributed by atoms with E-state index in [1.165, 1.54) is 0 Å². The lowest BCUT2D eigenvalue weighted by atomic mass is 9.70. The average Bonchev–Trinajstić information content (AvgIpc) is 3.38. The van der Waals surface area contributed by atoms with E-state index in [0.29, 0.717) is 41.5 Å². The van der Waals surface area contributed by atoms with E-state index >= 15 is 0 Å². The van der Waals surface area contributed by atoms with Crippen molar-refractivity contribution in [3.05, 3.63) is 101 Å². The van der Waals surface area contributed by atoms with E-state index in [1.807, 2.05) is 54.6 Å². The Kier molecular flexibility index (Phi) is 5.59. The molecule has 8 heteroatoms. The zero-order valence-electron chi connectivity index (χ0n) is 22.5. The molecule has 0 saturated carbocycles. The molecule has 40 heavy (non-hydrogen) atoms. The van der Waals surface area contributed by atoms with E-state index in [9.17, 15) is 4.79 Å². The highest BCUT2D eigenvalue weighted by Crippen LogP contribution is 2.50. The lowest BCUT2D eigenvalue weighted by Gasteiger charge is -2.37. The molecule has 0 bridgehead atoms. The van der Waals surface area contributed by atoms with Gasteiger partial charge in [-0.15, -0.1) is 5.10 Å². The van der Waals surface area contributed by atoms with Gasteiger partial charge in [-0.3, -0.25) is 4.79 Å². The Morgan fingerprint density at radius 3 is 2.65 bits per heavy atom. The number of aromatic nitrogens is 4. The topological polar surface area (TPSA) is 87.8 Å². The van der Waals surface area contributed by atoms with E-state index < -0.39 is 0 Å². The van der Waals surface area contributed by atoms with E-state index in [4.69, 9.17) is 19.2 Å². The summed E-state index contributed by atoms with van der Waals surface area (Å²) in [5, 5.41) is 6.79. The molecule has 1 aliphatic heterocycles. The maximum atomic E-state index is 13.6. The minimum atomic E-state index is -0.388. The minimum Gasteiger partial charge on any atom is -0.497 e. The Morgan fingerprint density at radius 1 is 1.02 bits per heavy atom. The van der Waals surface area contributed by atoms with Crippen LogP contribution in [0, 0.1) is 5.41 Å². The number of nitrogens with zero attached hydrogens (tertiary/aromatic N) is 4. The molecule has 0 N–H and O–H groups in total. The van der Waals surface area contributed by atoms with Crippen molar-refractivity contribution in [2.24, 2.45) is 5.41 Å². The Hall–Kier alpha value is -4.72. The number of carbonyl (C=O) groups excluding carboxylic acids is 1. The lowest BCUT2D eigenvalue weighted by molar-refractivity contribution is -0.118. The molecule has 1 atom stereocenters. The molecule has 0 radical (unpaired) electrons. The van der Waals surface area contributed by atoms with Crippen LogP contribution in [0.4, 0.5) is 0 Å². The molecule has 2 aromatic heterocycles. The van der Waals surface area contributed by atoms with E-state index in [2.05, 4.69) is 36.1 Å². The molecular formula is C32H28N4O4.